The number of nitrogen functional groups attached to an aromatic ring is 1. The van der Waals surface area contributed by atoms with Crippen LogP contribution in [-0.4, -0.2) is 13.1 Å². The molecule has 0 aliphatic carbocycles. The van der Waals surface area contributed by atoms with E-state index in [1.165, 1.54) is 56.4 Å². The van der Waals surface area contributed by atoms with Crippen molar-refractivity contribution < 1.29 is 0 Å². The summed E-state index contributed by atoms with van der Waals surface area (Å²) in [6.45, 7) is 6.85. The van der Waals surface area contributed by atoms with E-state index in [9.17, 15) is 0 Å². The summed E-state index contributed by atoms with van der Waals surface area (Å²) in [6.07, 6.45) is 6.76. The molecule has 2 nitrogen and oxygen atoms in total. The van der Waals surface area contributed by atoms with E-state index in [4.69, 9.17) is 5.73 Å². The van der Waals surface area contributed by atoms with E-state index in [1.807, 2.05) is 6.07 Å². The standard InChI is InChI=1S/C16H26N2/c1-3-5-14-6-4-10-18(11-9-14)16-12-15(17)8-7-13(16)2/h7-8,12,14H,3-6,9-11,17H2,1-2H3. The summed E-state index contributed by atoms with van der Waals surface area (Å²) >= 11 is 0. The van der Waals surface area contributed by atoms with E-state index in [0.717, 1.165) is 11.6 Å². The number of benzene rings is 1. The van der Waals surface area contributed by atoms with Gasteiger partial charge in [0.15, 0.2) is 0 Å². The molecule has 1 fully saturated rings. The third-order valence-corrected chi connectivity index (χ3v) is 4.12. The van der Waals surface area contributed by atoms with Gasteiger partial charge in [0.05, 0.1) is 0 Å². The Labute approximate surface area is 111 Å². The highest BCUT2D eigenvalue weighted by molar-refractivity contribution is 5.60. The predicted octanol–water partition coefficient (Wildman–Crippen LogP) is 3.98. The molecule has 0 radical (unpaired) electrons. The average molecular weight is 246 g/mol. The van der Waals surface area contributed by atoms with Gasteiger partial charge in [0.1, 0.15) is 0 Å². The SMILES string of the molecule is CCCC1CCCN(c2cc(N)ccc2C)CC1. The van der Waals surface area contributed by atoms with Crippen LogP contribution in [0.4, 0.5) is 11.4 Å². The molecule has 1 aliphatic heterocycles. The highest BCUT2D eigenvalue weighted by Crippen LogP contribution is 2.28. The van der Waals surface area contributed by atoms with Crippen LogP contribution in [0.1, 0.15) is 44.6 Å². The summed E-state index contributed by atoms with van der Waals surface area (Å²) in [5.74, 6) is 0.932. The fourth-order valence-corrected chi connectivity index (χ4v) is 3.07. The van der Waals surface area contributed by atoms with E-state index in [1.54, 1.807) is 0 Å². The number of nitrogens with two attached hydrogens (primary N) is 1. The van der Waals surface area contributed by atoms with Crippen LogP contribution in [0, 0.1) is 12.8 Å². The Morgan fingerprint density at radius 3 is 2.89 bits per heavy atom. The van der Waals surface area contributed by atoms with Crippen LogP contribution < -0.4 is 10.6 Å². The number of nitrogens with zero attached hydrogens (tertiary/aromatic N) is 1. The molecule has 2 heteroatoms. The topological polar surface area (TPSA) is 29.3 Å². The van der Waals surface area contributed by atoms with Crippen molar-refractivity contribution in [1.82, 2.24) is 0 Å². The first-order valence-corrected chi connectivity index (χ1v) is 7.31. The molecule has 1 unspecified atom stereocenters. The van der Waals surface area contributed by atoms with Crippen molar-refractivity contribution in [2.24, 2.45) is 5.92 Å². The van der Waals surface area contributed by atoms with Crippen LogP contribution in [0.2, 0.25) is 0 Å². The first kappa shape index (κ1) is 13.3. The normalized spacial score (nSPS) is 20.8. The van der Waals surface area contributed by atoms with E-state index >= 15 is 0 Å². The van der Waals surface area contributed by atoms with Crippen molar-refractivity contribution >= 4 is 11.4 Å². The van der Waals surface area contributed by atoms with Gasteiger partial charge in [-0.05, 0) is 49.8 Å². The molecule has 2 N–H and O–H groups in total. The maximum absolute atomic E-state index is 5.92. The van der Waals surface area contributed by atoms with Gasteiger partial charge in [0, 0.05) is 24.5 Å². The third kappa shape index (κ3) is 3.18. The summed E-state index contributed by atoms with van der Waals surface area (Å²) < 4.78 is 0. The Balaban J connectivity index is 2.07. The van der Waals surface area contributed by atoms with E-state index < -0.39 is 0 Å². The van der Waals surface area contributed by atoms with Gasteiger partial charge >= 0.3 is 0 Å². The molecule has 1 saturated heterocycles. The zero-order chi connectivity index (χ0) is 13.0. The van der Waals surface area contributed by atoms with Crippen molar-refractivity contribution in [3.8, 4) is 0 Å². The maximum atomic E-state index is 5.92. The van der Waals surface area contributed by atoms with Crippen LogP contribution >= 0.6 is 0 Å². The smallest absolute Gasteiger partial charge is 0.0416 e. The van der Waals surface area contributed by atoms with E-state index in [2.05, 4.69) is 30.9 Å². The zero-order valence-electron chi connectivity index (χ0n) is 11.8. The minimum atomic E-state index is 0.880. The summed E-state index contributed by atoms with van der Waals surface area (Å²) in [5.41, 5.74) is 9.49. The molecule has 0 bridgehead atoms. The Morgan fingerprint density at radius 1 is 1.28 bits per heavy atom. The lowest BCUT2D eigenvalue weighted by atomic mass is 9.96. The fourth-order valence-electron chi connectivity index (χ4n) is 3.07. The van der Waals surface area contributed by atoms with Gasteiger partial charge in [-0.2, -0.15) is 0 Å². The molecule has 1 atom stereocenters. The van der Waals surface area contributed by atoms with Crippen LogP contribution in [0.15, 0.2) is 18.2 Å². The third-order valence-electron chi connectivity index (χ3n) is 4.12. The fraction of sp³-hybridized carbons (Fsp3) is 0.625. The van der Waals surface area contributed by atoms with Gasteiger partial charge in [-0.1, -0.05) is 25.8 Å². The highest BCUT2D eigenvalue weighted by Gasteiger charge is 2.17. The predicted molar refractivity (Wildman–Crippen MR) is 80.1 cm³/mol. The number of hydrogen-bond donors (Lipinski definition) is 1. The van der Waals surface area contributed by atoms with Crippen molar-refractivity contribution in [2.75, 3.05) is 23.7 Å². The minimum Gasteiger partial charge on any atom is -0.399 e. The van der Waals surface area contributed by atoms with Gasteiger partial charge < -0.3 is 10.6 Å². The number of hydrogen-bond acceptors (Lipinski definition) is 2. The van der Waals surface area contributed by atoms with E-state index in [0.29, 0.717) is 0 Å². The Bertz CT molecular complexity index is 387. The lowest BCUT2D eigenvalue weighted by Gasteiger charge is -2.25. The number of anilines is 2. The quantitative estimate of drug-likeness (QED) is 0.817. The van der Waals surface area contributed by atoms with Crippen LogP contribution in [0.25, 0.3) is 0 Å². The van der Waals surface area contributed by atoms with Gasteiger partial charge in [-0.3, -0.25) is 0 Å². The summed E-state index contributed by atoms with van der Waals surface area (Å²) in [7, 11) is 0. The van der Waals surface area contributed by atoms with E-state index in [-0.39, 0.29) is 0 Å². The summed E-state index contributed by atoms with van der Waals surface area (Å²) in [4.78, 5) is 2.53. The Kier molecular flexibility index (Phi) is 4.51. The largest absolute Gasteiger partial charge is 0.399 e. The van der Waals surface area contributed by atoms with Gasteiger partial charge in [-0.25, -0.2) is 0 Å². The first-order chi connectivity index (χ1) is 8.70. The lowest BCUT2D eigenvalue weighted by Crippen LogP contribution is -2.25. The van der Waals surface area contributed by atoms with Gasteiger partial charge in [0.25, 0.3) is 0 Å². The molecule has 0 saturated carbocycles. The van der Waals surface area contributed by atoms with Crippen molar-refractivity contribution in [2.45, 2.75) is 46.0 Å². The van der Waals surface area contributed by atoms with Crippen molar-refractivity contribution in [3.05, 3.63) is 23.8 Å². The number of aryl methyl sites for hydroxylation is 1. The molecule has 100 valence electrons. The Morgan fingerprint density at radius 2 is 2.11 bits per heavy atom. The van der Waals surface area contributed by atoms with Crippen LogP contribution in [0.5, 0.6) is 0 Å². The Hall–Kier alpha value is -1.18. The minimum absolute atomic E-state index is 0.880. The highest BCUT2D eigenvalue weighted by atomic mass is 15.1. The lowest BCUT2D eigenvalue weighted by molar-refractivity contribution is 0.435. The maximum Gasteiger partial charge on any atom is 0.0416 e. The van der Waals surface area contributed by atoms with Gasteiger partial charge in [0.2, 0.25) is 0 Å². The van der Waals surface area contributed by atoms with Gasteiger partial charge in [-0.15, -0.1) is 0 Å². The second-order valence-corrected chi connectivity index (χ2v) is 5.62. The molecule has 1 aliphatic rings. The molecule has 1 heterocycles. The average Bonchev–Trinajstić information content (AvgIpc) is 2.58. The molecule has 18 heavy (non-hydrogen) atoms. The molecule has 1 aromatic carbocycles. The molecule has 0 aromatic heterocycles. The molecular weight excluding hydrogens is 220 g/mol. The van der Waals surface area contributed by atoms with Crippen LogP contribution in [-0.2, 0) is 0 Å². The summed E-state index contributed by atoms with van der Waals surface area (Å²) in [5, 5.41) is 0. The van der Waals surface area contributed by atoms with Crippen molar-refractivity contribution in [1.29, 1.82) is 0 Å². The zero-order valence-corrected chi connectivity index (χ0v) is 11.8. The van der Waals surface area contributed by atoms with Crippen molar-refractivity contribution in [3.63, 3.8) is 0 Å². The monoisotopic (exact) mass is 246 g/mol. The molecule has 0 spiro atoms. The molecular formula is C16H26N2. The number of rotatable bonds is 3. The van der Waals surface area contributed by atoms with Crippen LogP contribution in [0.3, 0.4) is 0 Å². The molecule has 1 aromatic rings. The summed E-state index contributed by atoms with van der Waals surface area (Å²) in [6, 6.07) is 6.27. The second-order valence-electron chi connectivity index (χ2n) is 5.62. The molecule has 2 rings (SSSR count). The second kappa shape index (κ2) is 6.12. The first-order valence-electron chi connectivity index (χ1n) is 7.31. The molecule has 0 amide bonds.